The number of amides is 1. The lowest BCUT2D eigenvalue weighted by atomic mass is 10.2. The summed E-state index contributed by atoms with van der Waals surface area (Å²) >= 11 is 0. The Bertz CT molecular complexity index is 708. The minimum atomic E-state index is -0.438. The topological polar surface area (TPSA) is 104 Å². The molecular weight excluding hydrogens is 274 g/mol. The summed E-state index contributed by atoms with van der Waals surface area (Å²) in [7, 11) is 0. The van der Waals surface area contributed by atoms with Gasteiger partial charge >= 0.3 is 0 Å². The zero-order valence-electron chi connectivity index (χ0n) is 11.5. The molecule has 1 atom stereocenters. The molecule has 0 aliphatic carbocycles. The van der Waals surface area contributed by atoms with Crippen molar-refractivity contribution in [3.8, 4) is 0 Å². The zero-order chi connectivity index (χ0) is 14.8. The third-order valence-corrected chi connectivity index (χ3v) is 3.33. The fourth-order valence-corrected chi connectivity index (χ4v) is 2.26. The Labute approximate surface area is 120 Å². The maximum Gasteiger partial charge on any atom is 0.263 e. The van der Waals surface area contributed by atoms with Crippen LogP contribution in [0.25, 0.3) is 0 Å². The molecule has 8 nitrogen and oxygen atoms in total. The number of nitrogens with zero attached hydrogens (tertiary/aromatic N) is 3. The molecule has 0 bridgehead atoms. The molecule has 1 aliphatic rings. The molecule has 1 aliphatic heterocycles. The molecule has 3 rings (SSSR count). The molecule has 1 saturated heterocycles. The van der Waals surface area contributed by atoms with E-state index in [0.717, 1.165) is 5.69 Å². The number of rotatable bonds is 2. The number of nitrogens with one attached hydrogen (secondary N) is 2. The highest BCUT2D eigenvalue weighted by Gasteiger charge is 2.28. The van der Waals surface area contributed by atoms with E-state index in [2.05, 4.69) is 19.9 Å². The van der Waals surface area contributed by atoms with Crippen molar-refractivity contribution in [3.05, 3.63) is 46.2 Å². The number of hydrogen-bond acceptors (Lipinski definition) is 5. The Morgan fingerprint density at radius 1 is 1.48 bits per heavy atom. The van der Waals surface area contributed by atoms with Crippen LogP contribution in [-0.4, -0.2) is 50.4 Å². The van der Waals surface area contributed by atoms with E-state index in [1.165, 1.54) is 12.5 Å². The van der Waals surface area contributed by atoms with E-state index < -0.39 is 5.56 Å². The highest BCUT2D eigenvalue weighted by molar-refractivity contribution is 5.93. The Hall–Kier alpha value is -2.48. The van der Waals surface area contributed by atoms with Crippen molar-refractivity contribution in [1.29, 1.82) is 0 Å². The number of aryl methyl sites for hydroxylation is 1. The van der Waals surface area contributed by atoms with E-state index in [9.17, 15) is 9.59 Å². The van der Waals surface area contributed by atoms with Crippen molar-refractivity contribution in [3.63, 3.8) is 0 Å². The number of hydrogen-bond donors (Lipinski definition) is 2. The summed E-state index contributed by atoms with van der Waals surface area (Å²) in [6.07, 6.45) is 3.94. The van der Waals surface area contributed by atoms with Crippen LogP contribution in [0.1, 0.15) is 28.0 Å². The summed E-state index contributed by atoms with van der Waals surface area (Å²) in [5, 5.41) is 0. The van der Waals surface area contributed by atoms with E-state index in [-0.39, 0.29) is 17.6 Å². The lowest BCUT2D eigenvalue weighted by Gasteiger charge is -2.31. The highest BCUT2D eigenvalue weighted by atomic mass is 16.5. The largest absolute Gasteiger partial charge is 0.367 e. The Balaban J connectivity index is 1.79. The van der Waals surface area contributed by atoms with Gasteiger partial charge in [-0.2, -0.15) is 0 Å². The molecule has 110 valence electrons. The molecule has 0 saturated carbocycles. The quantitative estimate of drug-likeness (QED) is 0.810. The summed E-state index contributed by atoms with van der Waals surface area (Å²) < 4.78 is 5.63. The molecule has 0 unspecified atom stereocenters. The van der Waals surface area contributed by atoms with Crippen LogP contribution in [0.15, 0.2) is 23.5 Å². The Morgan fingerprint density at radius 3 is 3.05 bits per heavy atom. The molecule has 0 radical (unpaired) electrons. The normalized spacial score (nSPS) is 18.7. The number of ether oxygens (including phenoxy) is 1. The van der Waals surface area contributed by atoms with E-state index in [0.29, 0.717) is 25.5 Å². The first-order valence-electron chi connectivity index (χ1n) is 6.60. The molecule has 1 amide bonds. The van der Waals surface area contributed by atoms with Crippen molar-refractivity contribution in [1.82, 2.24) is 24.8 Å². The third-order valence-electron chi connectivity index (χ3n) is 3.33. The molecule has 1 fully saturated rings. The van der Waals surface area contributed by atoms with E-state index in [1.54, 1.807) is 11.1 Å². The summed E-state index contributed by atoms with van der Waals surface area (Å²) in [6.45, 7) is 3.08. The second-order valence-electron chi connectivity index (χ2n) is 4.86. The Morgan fingerprint density at radius 2 is 2.33 bits per heavy atom. The molecule has 2 aromatic heterocycles. The minimum absolute atomic E-state index is 0.0359. The van der Waals surface area contributed by atoms with Crippen LogP contribution in [0.5, 0.6) is 0 Å². The van der Waals surface area contributed by atoms with Crippen molar-refractivity contribution in [2.45, 2.75) is 13.0 Å². The van der Waals surface area contributed by atoms with E-state index >= 15 is 0 Å². The van der Waals surface area contributed by atoms with Gasteiger partial charge in [0.2, 0.25) is 0 Å². The lowest BCUT2D eigenvalue weighted by molar-refractivity contribution is -0.0265. The fourth-order valence-electron chi connectivity index (χ4n) is 2.26. The molecule has 0 aromatic carbocycles. The lowest BCUT2D eigenvalue weighted by Crippen LogP contribution is -2.44. The van der Waals surface area contributed by atoms with E-state index in [1.807, 2.05) is 6.92 Å². The van der Waals surface area contributed by atoms with Crippen molar-refractivity contribution in [2.24, 2.45) is 0 Å². The third kappa shape index (κ3) is 2.70. The summed E-state index contributed by atoms with van der Waals surface area (Å²) in [4.78, 5) is 39.1. The zero-order valence-corrected chi connectivity index (χ0v) is 11.5. The van der Waals surface area contributed by atoms with Gasteiger partial charge in [-0.1, -0.05) is 0 Å². The molecular formula is C13H15N5O3. The molecule has 8 heteroatoms. The van der Waals surface area contributed by atoms with Gasteiger partial charge in [-0.15, -0.1) is 0 Å². The summed E-state index contributed by atoms with van der Waals surface area (Å²) in [6, 6.07) is 0. The van der Waals surface area contributed by atoms with Crippen LogP contribution in [0.3, 0.4) is 0 Å². The summed E-state index contributed by atoms with van der Waals surface area (Å²) in [5.74, 6) is 0.339. The number of imidazole rings is 1. The van der Waals surface area contributed by atoms with Gasteiger partial charge in [-0.05, 0) is 6.92 Å². The number of aromatic amines is 2. The molecule has 21 heavy (non-hydrogen) atoms. The standard InChI is InChI=1S/C13H15N5O3/c1-8-4-15-11(17-8)10-6-18(2-3-21-10)13(20)9-5-14-7-16-12(9)19/h4-5,7,10H,2-3,6H2,1H3,(H,15,17)(H,14,16,19)/t10-/m0/s1. The smallest absolute Gasteiger partial charge is 0.263 e. The van der Waals surface area contributed by atoms with Gasteiger partial charge in [0.25, 0.3) is 11.5 Å². The predicted octanol–water partition coefficient (Wildman–Crippen LogP) is 0.0151. The first-order chi connectivity index (χ1) is 10.1. The van der Waals surface area contributed by atoms with Crippen LogP contribution >= 0.6 is 0 Å². The van der Waals surface area contributed by atoms with Crippen molar-refractivity contribution in [2.75, 3.05) is 19.7 Å². The van der Waals surface area contributed by atoms with Gasteiger partial charge in [0.05, 0.1) is 19.5 Å². The van der Waals surface area contributed by atoms with Gasteiger partial charge < -0.3 is 19.6 Å². The van der Waals surface area contributed by atoms with Crippen molar-refractivity contribution >= 4 is 5.91 Å². The van der Waals surface area contributed by atoms with E-state index in [4.69, 9.17) is 4.74 Å². The fraction of sp³-hybridized carbons (Fsp3) is 0.385. The first-order valence-corrected chi connectivity index (χ1v) is 6.60. The van der Waals surface area contributed by atoms with Crippen LogP contribution in [0.2, 0.25) is 0 Å². The van der Waals surface area contributed by atoms with Crippen molar-refractivity contribution < 1.29 is 9.53 Å². The average Bonchev–Trinajstić information content (AvgIpc) is 2.94. The maximum absolute atomic E-state index is 12.4. The van der Waals surface area contributed by atoms with Crippen LogP contribution < -0.4 is 5.56 Å². The molecule has 2 N–H and O–H groups in total. The molecule has 2 aromatic rings. The van der Waals surface area contributed by atoms with Gasteiger partial charge in [-0.3, -0.25) is 9.59 Å². The van der Waals surface area contributed by atoms with Crippen LogP contribution in [0.4, 0.5) is 0 Å². The first kappa shape index (κ1) is 13.5. The summed E-state index contributed by atoms with van der Waals surface area (Å²) in [5.41, 5.74) is 0.529. The second kappa shape index (κ2) is 5.49. The number of morpholine rings is 1. The van der Waals surface area contributed by atoms with Gasteiger partial charge in [-0.25, -0.2) is 9.97 Å². The predicted molar refractivity (Wildman–Crippen MR) is 72.8 cm³/mol. The second-order valence-corrected chi connectivity index (χ2v) is 4.86. The molecule has 0 spiro atoms. The number of aromatic nitrogens is 4. The number of H-pyrrole nitrogens is 2. The SMILES string of the molecule is Cc1cnc([C@@H]2CN(C(=O)c3cnc[nH]c3=O)CCO2)[nH]1. The Kier molecular flexibility index (Phi) is 3.53. The maximum atomic E-state index is 12.4. The van der Waals surface area contributed by atoms with Gasteiger partial charge in [0, 0.05) is 24.6 Å². The number of carbonyl (C=O) groups excluding carboxylic acids is 1. The highest BCUT2D eigenvalue weighted by Crippen LogP contribution is 2.20. The monoisotopic (exact) mass is 289 g/mol. The van der Waals surface area contributed by atoms with Crippen LogP contribution in [-0.2, 0) is 4.74 Å². The minimum Gasteiger partial charge on any atom is -0.367 e. The van der Waals surface area contributed by atoms with Gasteiger partial charge in [0.1, 0.15) is 17.5 Å². The average molecular weight is 289 g/mol. The van der Waals surface area contributed by atoms with Gasteiger partial charge in [0.15, 0.2) is 0 Å². The number of carbonyl (C=O) groups is 1. The van der Waals surface area contributed by atoms with Crippen LogP contribution in [0, 0.1) is 6.92 Å². The molecule has 3 heterocycles.